The smallest absolute Gasteiger partial charge is 0.237 e. The van der Waals surface area contributed by atoms with Crippen LogP contribution in [-0.4, -0.2) is 20.2 Å². The summed E-state index contributed by atoms with van der Waals surface area (Å²) in [5.41, 5.74) is 0.726. The van der Waals surface area contributed by atoms with Gasteiger partial charge in [0.05, 0.1) is 10.9 Å². The molecule has 0 fully saturated rings. The molecule has 0 amide bonds. The van der Waals surface area contributed by atoms with Crippen molar-refractivity contribution in [2.45, 2.75) is 32.4 Å². The van der Waals surface area contributed by atoms with E-state index < -0.39 is 15.3 Å². The van der Waals surface area contributed by atoms with E-state index in [0.717, 1.165) is 16.6 Å². The zero-order chi connectivity index (χ0) is 13.1. The summed E-state index contributed by atoms with van der Waals surface area (Å²) in [7, 11) is -3.25. The maximum Gasteiger partial charge on any atom is 0.237 e. The van der Waals surface area contributed by atoms with Gasteiger partial charge in [0.25, 0.3) is 0 Å². The zero-order valence-electron chi connectivity index (χ0n) is 10.4. The fraction of sp³-hybridized carbons (Fsp3) is 0.500. The summed E-state index contributed by atoms with van der Waals surface area (Å²) in [5, 5.41) is -0.405. The molecular formula is C12H18BrNO2S. The maximum atomic E-state index is 12.2. The molecule has 0 spiro atoms. The Hall–Kier alpha value is -0.550. The van der Waals surface area contributed by atoms with E-state index in [9.17, 15) is 8.42 Å². The van der Waals surface area contributed by atoms with Gasteiger partial charge in [0.15, 0.2) is 0 Å². The van der Waals surface area contributed by atoms with Crippen LogP contribution in [0, 0.1) is 0 Å². The van der Waals surface area contributed by atoms with Crippen LogP contribution in [-0.2, 0) is 10.0 Å². The van der Waals surface area contributed by atoms with E-state index in [0.29, 0.717) is 6.54 Å². The van der Waals surface area contributed by atoms with Gasteiger partial charge in [0.1, 0.15) is 0 Å². The second kappa shape index (κ2) is 5.87. The molecule has 0 aliphatic rings. The van der Waals surface area contributed by atoms with Gasteiger partial charge < -0.3 is 0 Å². The number of hydrogen-bond donors (Lipinski definition) is 0. The SMILES string of the molecule is CCCN(c1ccc(Br)cc1)S(=O)(=O)C(C)C. The molecule has 5 heteroatoms. The van der Waals surface area contributed by atoms with Crippen LogP contribution in [0.15, 0.2) is 28.7 Å². The summed E-state index contributed by atoms with van der Waals surface area (Å²) >= 11 is 3.34. The Balaban J connectivity index is 3.14. The topological polar surface area (TPSA) is 37.4 Å². The van der Waals surface area contributed by atoms with Crippen LogP contribution in [0.3, 0.4) is 0 Å². The van der Waals surface area contributed by atoms with Gasteiger partial charge in [-0.25, -0.2) is 8.42 Å². The molecule has 0 unspecified atom stereocenters. The van der Waals surface area contributed by atoms with E-state index in [1.807, 2.05) is 31.2 Å². The first-order chi connectivity index (χ1) is 7.89. The number of anilines is 1. The van der Waals surface area contributed by atoms with Crippen LogP contribution in [0.4, 0.5) is 5.69 Å². The standard InChI is InChI=1S/C12H18BrNO2S/c1-4-9-14(17(15,16)10(2)3)12-7-5-11(13)6-8-12/h5-8,10H,4,9H2,1-3H3. The second-order valence-corrected chi connectivity index (χ2v) is 7.47. The van der Waals surface area contributed by atoms with Crippen molar-refractivity contribution in [1.29, 1.82) is 0 Å². The highest BCUT2D eigenvalue weighted by Gasteiger charge is 2.25. The number of nitrogens with zero attached hydrogens (tertiary/aromatic N) is 1. The van der Waals surface area contributed by atoms with Crippen LogP contribution < -0.4 is 4.31 Å². The molecule has 3 nitrogen and oxygen atoms in total. The third kappa shape index (κ3) is 3.45. The number of halogens is 1. The van der Waals surface area contributed by atoms with Crippen LogP contribution in [0.25, 0.3) is 0 Å². The van der Waals surface area contributed by atoms with Crippen molar-refractivity contribution in [3.05, 3.63) is 28.7 Å². The normalized spacial score (nSPS) is 11.8. The van der Waals surface area contributed by atoms with Gasteiger partial charge in [-0.05, 0) is 44.5 Å². The first kappa shape index (κ1) is 14.5. The Morgan fingerprint density at radius 2 is 1.76 bits per heavy atom. The molecule has 0 heterocycles. The highest BCUT2D eigenvalue weighted by atomic mass is 79.9. The molecule has 0 N–H and O–H groups in total. The van der Waals surface area contributed by atoms with E-state index in [2.05, 4.69) is 15.9 Å². The fourth-order valence-electron chi connectivity index (χ4n) is 1.47. The lowest BCUT2D eigenvalue weighted by Crippen LogP contribution is -2.37. The molecule has 0 radical (unpaired) electrons. The molecule has 1 aromatic rings. The van der Waals surface area contributed by atoms with Gasteiger partial charge in [-0.3, -0.25) is 4.31 Å². The fourth-order valence-corrected chi connectivity index (χ4v) is 3.09. The largest absolute Gasteiger partial charge is 0.270 e. The van der Waals surface area contributed by atoms with Gasteiger partial charge in [-0.2, -0.15) is 0 Å². The Bertz CT molecular complexity index is 454. The summed E-state index contributed by atoms with van der Waals surface area (Å²) in [6.07, 6.45) is 0.794. The van der Waals surface area contributed by atoms with Gasteiger partial charge >= 0.3 is 0 Å². The highest BCUT2D eigenvalue weighted by Crippen LogP contribution is 2.23. The lowest BCUT2D eigenvalue weighted by molar-refractivity contribution is 0.581. The zero-order valence-corrected chi connectivity index (χ0v) is 12.8. The Morgan fingerprint density at radius 1 is 1.24 bits per heavy atom. The van der Waals surface area contributed by atoms with Crippen LogP contribution in [0.5, 0.6) is 0 Å². The molecule has 1 rings (SSSR count). The molecule has 96 valence electrons. The van der Waals surface area contributed by atoms with Crippen molar-refractivity contribution < 1.29 is 8.42 Å². The van der Waals surface area contributed by atoms with E-state index in [1.165, 1.54) is 4.31 Å². The molecule has 0 atom stereocenters. The minimum absolute atomic E-state index is 0.405. The van der Waals surface area contributed by atoms with Gasteiger partial charge in [0, 0.05) is 11.0 Å². The summed E-state index contributed by atoms with van der Waals surface area (Å²) < 4.78 is 26.9. The minimum Gasteiger partial charge on any atom is -0.270 e. The summed E-state index contributed by atoms with van der Waals surface area (Å²) in [6.45, 7) is 5.90. The minimum atomic E-state index is -3.25. The van der Waals surface area contributed by atoms with Crippen LogP contribution in [0.1, 0.15) is 27.2 Å². The lowest BCUT2D eigenvalue weighted by atomic mass is 10.3. The highest BCUT2D eigenvalue weighted by molar-refractivity contribution is 9.10. The van der Waals surface area contributed by atoms with Gasteiger partial charge in [0.2, 0.25) is 10.0 Å². The average molecular weight is 320 g/mol. The van der Waals surface area contributed by atoms with Crippen molar-refractivity contribution in [2.75, 3.05) is 10.8 Å². The molecule has 0 bridgehead atoms. The van der Waals surface area contributed by atoms with Crippen molar-refractivity contribution in [1.82, 2.24) is 0 Å². The molecular weight excluding hydrogens is 302 g/mol. The molecule has 0 aliphatic carbocycles. The first-order valence-electron chi connectivity index (χ1n) is 5.66. The molecule has 0 saturated carbocycles. The molecule has 1 aromatic carbocycles. The Labute approximate surface area is 112 Å². The third-order valence-electron chi connectivity index (χ3n) is 2.44. The van der Waals surface area contributed by atoms with Crippen molar-refractivity contribution in [2.24, 2.45) is 0 Å². The van der Waals surface area contributed by atoms with E-state index in [-0.39, 0.29) is 0 Å². The van der Waals surface area contributed by atoms with Crippen LogP contribution >= 0.6 is 15.9 Å². The van der Waals surface area contributed by atoms with Crippen molar-refractivity contribution in [3.8, 4) is 0 Å². The first-order valence-corrected chi connectivity index (χ1v) is 7.96. The number of hydrogen-bond acceptors (Lipinski definition) is 2. The van der Waals surface area contributed by atoms with Gasteiger partial charge in [-0.15, -0.1) is 0 Å². The summed E-state index contributed by atoms with van der Waals surface area (Å²) in [4.78, 5) is 0. The number of benzene rings is 1. The van der Waals surface area contributed by atoms with Crippen molar-refractivity contribution in [3.63, 3.8) is 0 Å². The summed E-state index contributed by atoms with van der Waals surface area (Å²) in [5.74, 6) is 0. The molecule has 17 heavy (non-hydrogen) atoms. The van der Waals surface area contributed by atoms with Gasteiger partial charge in [-0.1, -0.05) is 22.9 Å². The number of sulfonamides is 1. The van der Waals surface area contributed by atoms with E-state index in [4.69, 9.17) is 0 Å². The second-order valence-electron chi connectivity index (χ2n) is 4.14. The van der Waals surface area contributed by atoms with E-state index in [1.54, 1.807) is 13.8 Å². The summed E-state index contributed by atoms with van der Waals surface area (Å²) in [6, 6.07) is 7.35. The number of rotatable bonds is 5. The Kier molecular flexibility index (Phi) is 5.01. The predicted octanol–water partition coefficient (Wildman–Crippen LogP) is 3.40. The van der Waals surface area contributed by atoms with Crippen LogP contribution in [0.2, 0.25) is 0 Å². The lowest BCUT2D eigenvalue weighted by Gasteiger charge is -2.26. The monoisotopic (exact) mass is 319 g/mol. The quantitative estimate of drug-likeness (QED) is 0.834. The van der Waals surface area contributed by atoms with E-state index >= 15 is 0 Å². The van der Waals surface area contributed by atoms with Crippen molar-refractivity contribution >= 4 is 31.6 Å². The predicted molar refractivity (Wildman–Crippen MR) is 75.8 cm³/mol. The average Bonchev–Trinajstić information content (AvgIpc) is 2.27. The molecule has 0 aromatic heterocycles. The molecule has 0 saturated heterocycles. The Morgan fingerprint density at radius 3 is 2.18 bits per heavy atom. The molecule has 0 aliphatic heterocycles. The third-order valence-corrected chi connectivity index (χ3v) is 5.17. The maximum absolute atomic E-state index is 12.2.